The van der Waals surface area contributed by atoms with Gasteiger partial charge in [-0.2, -0.15) is 0 Å². The monoisotopic (exact) mass is 306 g/mol. The predicted octanol–water partition coefficient (Wildman–Crippen LogP) is 3.41. The lowest BCUT2D eigenvalue weighted by Gasteiger charge is -2.45. The van der Waals surface area contributed by atoms with Crippen molar-refractivity contribution in [3.05, 3.63) is 64.1 Å². The Labute approximate surface area is 126 Å². The van der Waals surface area contributed by atoms with Crippen LogP contribution in [0.3, 0.4) is 0 Å². The molecule has 3 nitrogen and oxygen atoms in total. The first kappa shape index (κ1) is 13.4. The van der Waals surface area contributed by atoms with Gasteiger partial charge >= 0.3 is 0 Å². The second-order valence-electron chi connectivity index (χ2n) is 4.69. The number of carbonyl (C=O) groups excluding carboxylic acids is 1. The van der Waals surface area contributed by atoms with Gasteiger partial charge in [-0.15, -0.1) is 0 Å². The molecule has 1 heterocycles. The van der Waals surface area contributed by atoms with Gasteiger partial charge < -0.3 is 10.6 Å². The Morgan fingerprint density at radius 3 is 2.35 bits per heavy atom. The molecule has 0 aromatic heterocycles. The molecule has 0 spiro atoms. The molecule has 2 N–H and O–H groups in total. The topological polar surface area (TPSA) is 46.3 Å². The van der Waals surface area contributed by atoms with Crippen molar-refractivity contribution >= 4 is 34.8 Å². The number of halogens is 2. The van der Waals surface area contributed by atoms with Crippen molar-refractivity contribution in [2.24, 2.45) is 5.73 Å². The van der Waals surface area contributed by atoms with E-state index >= 15 is 0 Å². The molecule has 1 amide bonds. The summed E-state index contributed by atoms with van der Waals surface area (Å²) in [6.07, 6.45) is 0. The number of nitrogens with zero attached hydrogens (tertiary/aromatic N) is 1. The zero-order valence-electron chi connectivity index (χ0n) is 10.5. The van der Waals surface area contributed by atoms with E-state index in [2.05, 4.69) is 0 Å². The lowest BCUT2D eigenvalue weighted by molar-refractivity contribution is -0.126. The van der Waals surface area contributed by atoms with Crippen molar-refractivity contribution in [3.8, 4) is 0 Å². The highest BCUT2D eigenvalue weighted by Gasteiger charge is 2.46. The van der Waals surface area contributed by atoms with Gasteiger partial charge in [0.25, 0.3) is 0 Å². The standard InChI is InChI=1S/C15H12Cl2N2O/c16-11-7-6-10(8-12(11)17)19-14(13(18)15(19)20)9-4-2-1-3-5-9/h1-8,13-14H,18H2. The Kier molecular flexibility index (Phi) is 3.42. The van der Waals surface area contributed by atoms with Crippen molar-refractivity contribution < 1.29 is 4.79 Å². The Bertz CT molecular complexity index is 660. The first-order chi connectivity index (χ1) is 9.59. The molecule has 1 saturated heterocycles. The number of hydrogen-bond donors (Lipinski definition) is 1. The van der Waals surface area contributed by atoms with Crippen LogP contribution in [0, 0.1) is 0 Å². The number of anilines is 1. The minimum Gasteiger partial charge on any atom is -0.318 e. The zero-order valence-corrected chi connectivity index (χ0v) is 12.0. The number of nitrogens with two attached hydrogens (primary N) is 1. The lowest BCUT2D eigenvalue weighted by Crippen LogP contribution is -2.63. The minimum absolute atomic E-state index is 0.114. The third-order valence-electron chi connectivity index (χ3n) is 3.46. The van der Waals surface area contributed by atoms with Gasteiger partial charge in [-0.05, 0) is 23.8 Å². The summed E-state index contributed by atoms with van der Waals surface area (Å²) in [7, 11) is 0. The highest BCUT2D eigenvalue weighted by molar-refractivity contribution is 6.42. The van der Waals surface area contributed by atoms with Gasteiger partial charge in [0.05, 0.1) is 16.1 Å². The van der Waals surface area contributed by atoms with Crippen LogP contribution in [-0.4, -0.2) is 11.9 Å². The summed E-state index contributed by atoms with van der Waals surface area (Å²) in [5, 5.41) is 0.883. The average Bonchev–Trinajstić information content (AvgIpc) is 2.47. The molecule has 2 aromatic rings. The number of amides is 1. The van der Waals surface area contributed by atoms with E-state index in [0.29, 0.717) is 15.7 Å². The number of carbonyl (C=O) groups is 1. The van der Waals surface area contributed by atoms with Crippen molar-refractivity contribution in [1.29, 1.82) is 0 Å². The summed E-state index contributed by atoms with van der Waals surface area (Å²) in [5.41, 5.74) is 7.66. The summed E-state index contributed by atoms with van der Waals surface area (Å²) in [6, 6.07) is 14.2. The number of hydrogen-bond acceptors (Lipinski definition) is 2. The van der Waals surface area contributed by atoms with E-state index in [-0.39, 0.29) is 11.9 Å². The molecule has 3 rings (SSSR count). The minimum atomic E-state index is -0.521. The van der Waals surface area contributed by atoms with Gasteiger partial charge in [-0.1, -0.05) is 53.5 Å². The van der Waals surface area contributed by atoms with Crippen LogP contribution in [0.2, 0.25) is 10.0 Å². The first-order valence-corrected chi connectivity index (χ1v) is 6.94. The van der Waals surface area contributed by atoms with E-state index < -0.39 is 6.04 Å². The van der Waals surface area contributed by atoms with Crippen LogP contribution in [0.25, 0.3) is 0 Å². The maximum absolute atomic E-state index is 12.1. The third kappa shape index (κ3) is 2.08. The summed E-state index contributed by atoms with van der Waals surface area (Å²) >= 11 is 11.9. The second kappa shape index (κ2) is 5.09. The first-order valence-electron chi connectivity index (χ1n) is 6.18. The zero-order chi connectivity index (χ0) is 14.3. The smallest absolute Gasteiger partial charge is 0.247 e. The molecule has 2 aromatic carbocycles. The van der Waals surface area contributed by atoms with Crippen LogP contribution in [0.5, 0.6) is 0 Å². The Hall–Kier alpha value is -1.55. The van der Waals surface area contributed by atoms with E-state index in [1.165, 1.54) is 0 Å². The maximum atomic E-state index is 12.1. The van der Waals surface area contributed by atoms with Crippen molar-refractivity contribution in [2.45, 2.75) is 12.1 Å². The second-order valence-corrected chi connectivity index (χ2v) is 5.50. The summed E-state index contributed by atoms with van der Waals surface area (Å²) < 4.78 is 0. The quantitative estimate of drug-likeness (QED) is 0.864. The molecule has 0 bridgehead atoms. The lowest BCUT2D eigenvalue weighted by atomic mass is 9.88. The fraction of sp³-hybridized carbons (Fsp3) is 0.133. The normalized spacial score (nSPS) is 21.8. The fourth-order valence-corrected chi connectivity index (χ4v) is 2.73. The number of benzene rings is 2. The molecular formula is C15H12Cl2N2O. The molecule has 1 aliphatic rings. The fourth-order valence-electron chi connectivity index (χ4n) is 2.44. The molecule has 0 saturated carbocycles. The molecule has 2 unspecified atom stereocenters. The van der Waals surface area contributed by atoms with Crippen LogP contribution in [0.1, 0.15) is 11.6 Å². The third-order valence-corrected chi connectivity index (χ3v) is 4.20. The molecule has 102 valence electrons. The van der Waals surface area contributed by atoms with Gasteiger partial charge in [0, 0.05) is 5.69 Å². The van der Waals surface area contributed by atoms with Crippen LogP contribution >= 0.6 is 23.2 Å². The van der Waals surface area contributed by atoms with Gasteiger partial charge in [-0.3, -0.25) is 4.79 Å². The van der Waals surface area contributed by atoms with E-state index in [9.17, 15) is 4.79 Å². The van der Waals surface area contributed by atoms with Gasteiger partial charge in [0.15, 0.2) is 0 Å². The van der Waals surface area contributed by atoms with E-state index in [4.69, 9.17) is 28.9 Å². The van der Waals surface area contributed by atoms with Crippen molar-refractivity contribution in [2.75, 3.05) is 4.90 Å². The van der Waals surface area contributed by atoms with Crippen molar-refractivity contribution in [1.82, 2.24) is 0 Å². The van der Waals surface area contributed by atoms with E-state index in [1.807, 2.05) is 30.3 Å². The molecule has 0 radical (unpaired) electrons. The highest BCUT2D eigenvalue weighted by atomic mass is 35.5. The Morgan fingerprint density at radius 2 is 1.70 bits per heavy atom. The van der Waals surface area contributed by atoms with Crippen molar-refractivity contribution in [3.63, 3.8) is 0 Å². The van der Waals surface area contributed by atoms with E-state index in [1.54, 1.807) is 23.1 Å². The van der Waals surface area contributed by atoms with Crippen LogP contribution in [-0.2, 0) is 4.79 Å². The summed E-state index contributed by atoms with van der Waals surface area (Å²) in [5.74, 6) is -0.114. The van der Waals surface area contributed by atoms with Crippen LogP contribution in [0.4, 0.5) is 5.69 Å². The summed E-state index contributed by atoms with van der Waals surface area (Å²) in [4.78, 5) is 13.7. The SMILES string of the molecule is NC1C(=O)N(c2ccc(Cl)c(Cl)c2)C1c1ccccc1. The summed E-state index contributed by atoms with van der Waals surface area (Å²) in [6.45, 7) is 0. The maximum Gasteiger partial charge on any atom is 0.247 e. The Balaban J connectivity index is 1.99. The Morgan fingerprint density at radius 1 is 1.00 bits per heavy atom. The van der Waals surface area contributed by atoms with Gasteiger partial charge in [-0.25, -0.2) is 0 Å². The van der Waals surface area contributed by atoms with Crippen LogP contribution < -0.4 is 10.6 Å². The average molecular weight is 307 g/mol. The van der Waals surface area contributed by atoms with Gasteiger partial charge in [0.2, 0.25) is 5.91 Å². The molecule has 1 fully saturated rings. The molecule has 0 aliphatic carbocycles. The predicted molar refractivity (Wildman–Crippen MR) is 81.1 cm³/mol. The number of β-lactam (4-membered cyclic amide) rings is 1. The van der Waals surface area contributed by atoms with E-state index in [0.717, 1.165) is 5.56 Å². The number of rotatable bonds is 2. The van der Waals surface area contributed by atoms with Gasteiger partial charge in [0.1, 0.15) is 6.04 Å². The largest absolute Gasteiger partial charge is 0.318 e. The molecule has 20 heavy (non-hydrogen) atoms. The molecule has 5 heteroatoms. The highest BCUT2D eigenvalue weighted by Crippen LogP contribution is 2.39. The molecular weight excluding hydrogens is 295 g/mol. The molecule has 1 aliphatic heterocycles. The van der Waals surface area contributed by atoms with Crippen LogP contribution in [0.15, 0.2) is 48.5 Å². The molecule has 2 atom stereocenters.